The van der Waals surface area contributed by atoms with Crippen molar-refractivity contribution in [2.24, 2.45) is 23.0 Å². The number of nitrogens with two attached hydrogens (primary N) is 1. The minimum atomic E-state index is -1.63. The number of hydrogen-bond acceptors (Lipinski definition) is 8. The van der Waals surface area contributed by atoms with Gasteiger partial charge in [-0.2, -0.15) is 0 Å². The lowest BCUT2D eigenvalue weighted by atomic mass is 9.53. The van der Waals surface area contributed by atoms with Crippen LogP contribution in [-0.4, -0.2) is 71.9 Å². The molecule has 9 nitrogen and oxygen atoms in total. The minimum Gasteiger partial charge on any atom is -0.510 e. The number of benzene rings is 1. The third kappa shape index (κ3) is 2.91. The summed E-state index contributed by atoms with van der Waals surface area (Å²) < 4.78 is 0. The van der Waals surface area contributed by atoms with E-state index in [0.29, 0.717) is 18.4 Å². The van der Waals surface area contributed by atoms with Crippen LogP contribution in [-0.2, 0) is 20.8 Å². The molecule has 9 heteroatoms. The molecular weight excluding hydrogens is 426 g/mol. The SMILES string of the molecule is CN(C)c1ccc(O)c2c1C[C@H]1C[C@H]3[C@H](N(C)C)C(=O)C(C(N)=O)=C(O)[C@@]3(C)C(=O)C1=C2O. The van der Waals surface area contributed by atoms with E-state index in [0.717, 1.165) is 5.69 Å². The van der Waals surface area contributed by atoms with Crippen LogP contribution < -0.4 is 10.6 Å². The molecule has 1 aromatic carbocycles. The van der Waals surface area contributed by atoms with Gasteiger partial charge >= 0.3 is 0 Å². The van der Waals surface area contributed by atoms with Gasteiger partial charge in [-0.3, -0.25) is 19.3 Å². The van der Waals surface area contributed by atoms with Gasteiger partial charge in [-0.1, -0.05) is 0 Å². The summed E-state index contributed by atoms with van der Waals surface area (Å²) in [6.45, 7) is 1.49. The highest BCUT2D eigenvalue weighted by Gasteiger charge is 2.62. The van der Waals surface area contributed by atoms with Gasteiger partial charge < -0.3 is 26.0 Å². The van der Waals surface area contributed by atoms with Gasteiger partial charge in [0.2, 0.25) is 0 Å². The van der Waals surface area contributed by atoms with Crippen molar-refractivity contribution in [2.75, 3.05) is 33.1 Å². The number of phenols is 1. The first-order valence-corrected chi connectivity index (χ1v) is 10.8. The quantitative estimate of drug-likeness (QED) is 0.499. The van der Waals surface area contributed by atoms with E-state index in [1.165, 1.54) is 13.0 Å². The van der Waals surface area contributed by atoms with E-state index in [9.17, 15) is 29.7 Å². The van der Waals surface area contributed by atoms with Gasteiger partial charge in [-0.25, -0.2) is 0 Å². The van der Waals surface area contributed by atoms with Crippen molar-refractivity contribution in [1.29, 1.82) is 0 Å². The number of fused-ring (bicyclic) bond motifs is 3. The normalized spacial score (nSPS) is 29.1. The first kappa shape index (κ1) is 22.8. The zero-order valence-electron chi connectivity index (χ0n) is 19.3. The Hall–Kier alpha value is -3.33. The van der Waals surface area contributed by atoms with Gasteiger partial charge in [0.15, 0.2) is 11.6 Å². The number of aromatic hydroxyl groups is 1. The number of aliphatic hydroxyl groups is 2. The molecule has 3 aliphatic rings. The summed E-state index contributed by atoms with van der Waals surface area (Å²) in [7, 11) is 7.05. The van der Waals surface area contributed by atoms with Gasteiger partial charge in [-0.05, 0) is 57.5 Å². The summed E-state index contributed by atoms with van der Waals surface area (Å²) in [5, 5.41) is 32.8. The molecule has 1 fully saturated rings. The van der Waals surface area contributed by atoms with E-state index >= 15 is 0 Å². The van der Waals surface area contributed by atoms with Crippen LogP contribution in [0.2, 0.25) is 0 Å². The Balaban J connectivity index is 1.99. The maximum atomic E-state index is 13.9. The zero-order valence-corrected chi connectivity index (χ0v) is 19.3. The number of ketones is 2. The number of nitrogens with zero attached hydrogens (tertiary/aromatic N) is 2. The van der Waals surface area contributed by atoms with E-state index in [-0.39, 0.29) is 22.6 Å². The number of aliphatic hydroxyl groups excluding tert-OH is 2. The molecule has 4 atom stereocenters. The van der Waals surface area contributed by atoms with E-state index in [1.807, 2.05) is 19.0 Å². The highest BCUT2D eigenvalue weighted by atomic mass is 16.3. The van der Waals surface area contributed by atoms with Gasteiger partial charge in [0.1, 0.15) is 22.8 Å². The average molecular weight is 456 g/mol. The topological polar surface area (TPSA) is 144 Å². The molecule has 0 unspecified atom stereocenters. The lowest BCUT2D eigenvalue weighted by molar-refractivity contribution is -0.139. The maximum absolute atomic E-state index is 13.9. The third-order valence-corrected chi connectivity index (χ3v) is 7.52. The number of phenolic OH excluding ortho intramolecular Hbond substituents is 1. The number of hydrogen-bond donors (Lipinski definition) is 4. The van der Waals surface area contributed by atoms with E-state index in [1.54, 1.807) is 25.1 Å². The van der Waals surface area contributed by atoms with E-state index in [2.05, 4.69) is 0 Å². The predicted octanol–water partition coefficient (Wildman–Crippen LogP) is 1.31. The molecule has 4 rings (SSSR count). The van der Waals surface area contributed by atoms with Crippen molar-refractivity contribution in [3.63, 3.8) is 0 Å². The second kappa shape index (κ2) is 7.34. The lowest BCUT2D eigenvalue weighted by Gasteiger charge is -2.51. The molecule has 0 radical (unpaired) electrons. The van der Waals surface area contributed by atoms with Gasteiger partial charge in [0, 0.05) is 31.3 Å². The molecule has 1 saturated carbocycles. The Morgan fingerprint density at radius 2 is 1.76 bits per heavy atom. The summed E-state index contributed by atoms with van der Waals surface area (Å²) in [6, 6.07) is 2.37. The largest absolute Gasteiger partial charge is 0.510 e. The highest BCUT2D eigenvalue weighted by Crippen LogP contribution is 2.57. The van der Waals surface area contributed by atoms with Crippen LogP contribution in [0.5, 0.6) is 5.75 Å². The molecule has 3 aliphatic carbocycles. The number of primary amides is 1. The molecular formula is C24H29N3O6. The van der Waals surface area contributed by atoms with Crippen molar-refractivity contribution in [3.05, 3.63) is 40.2 Å². The molecule has 0 saturated heterocycles. The Morgan fingerprint density at radius 3 is 2.30 bits per heavy atom. The standard InChI is InChI=1S/C24H29N3O6/c1-24-12(18(27(4)5)20(30)17(22(24)32)23(25)33)9-10-8-11-13(26(2)3)6-7-14(28)16(11)19(29)15(10)21(24)31/h6-7,10,12,18,28-29,32H,8-9H2,1-5H3,(H2,25,33)/t10-,12-,18-,24+/m0/s1. The molecule has 176 valence electrons. The monoisotopic (exact) mass is 455 g/mol. The molecule has 0 aliphatic heterocycles. The summed E-state index contributed by atoms with van der Waals surface area (Å²) in [5.41, 5.74) is 5.01. The highest BCUT2D eigenvalue weighted by molar-refractivity contribution is 6.24. The average Bonchev–Trinajstić information content (AvgIpc) is 2.70. The fraction of sp³-hybridized carbons (Fsp3) is 0.458. The summed E-state index contributed by atoms with van der Waals surface area (Å²) in [6.07, 6.45) is 0.685. The Morgan fingerprint density at radius 1 is 1.12 bits per heavy atom. The van der Waals surface area contributed by atoms with Crippen molar-refractivity contribution < 1.29 is 29.7 Å². The smallest absolute Gasteiger partial charge is 0.255 e. The number of carbonyl (C=O) groups excluding carboxylic acids is 3. The predicted molar refractivity (Wildman–Crippen MR) is 122 cm³/mol. The van der Waals surface area contributed by atoms with E-state index in [4.69, 9.17) is 5.73 Å². The van der Waals surface area contributed by atoms with Crippen molar-refractivity contribution in [2.45, 2.75) is 25.8 Å². The number of carbonyl (C=O) groups is 3. The van der Waals surface area contributed by atoms with Crippen LogP contribution in [0.25, 0.3) is 5.76 Å². The third-order valence-electron chi connectivity index (χ3n) is 7.52. The first-order chi connectivity index (χ1) is 15.3. The van der Waals surface area contributed by atoms with Crippen LogP contribution in [0, 0.1) is 17.3 Å². The first-order valence-electron chi connectivity index (χ1n) is 10.8. The maximum Gasteiger partial charge on any atom is 0.255 e. The molecule has 1 amide bonds. The number of allylic oxidation sites excluding steroid dienone is 2. The number of likely N-dealkylation sites (N-methyl/N-ethyl adjacent to an activating group) is 1. The fourth-order valence-electron chi connectivity index (χ4n) is 5.94. The van der Waals surface area contributed by atoms with Crippen molar-refractivity contribution >= 4 is 28.9 Å². The minimum absolute atomic E-state index is 0.0923. The summed E-state index contributed by atoms with van der Waals surface area (Å²) >= 11 is 0. The Labute approximate surface area is 191 Å². The number of amides is 1. The molecule has 1 aromatic rings. The number of Topliss-reactive ketones (excluding diaryl/α,β-unsaturated/α-hetero) is 2. The molecule has 0 aromatic heterocycles. The van der Waals surface area contributed by atoms with Gasteiger partial charge in [-0.15, -0.1) is 0 Å². The van der Waals surface area contributed by atoms with Crippen LogP contribution in [0.3, 0.4) is 0 Å². The zero-order chi connectivity index (χ0) is 24.6. The van der Waals surface area contributed by atoms with Crippen LogP contribution in [0.4, 0.5) is 5.69 Å². The van der Waals surface area contributed by atoms with Crippen molar-refractivity contribution in [1.82, 2.24) is 4.90 Å². The second-order valence-corrected chi connectivity index (χ2v) is 9.75. The van der Waals surface area contributed by atoms with Gasteiger partial charge in [0.05, 0.1) is 17.0 Å². The summed E-state index contributed by atoms with van der Waals surface area (Å²) in [5.74, 6) is -4.48. The number of anilines is 1. The Bertz CT molecular complexity index is 1160. The van der Waals surface area contributed by atoms with E-state index < -0.39 is 52.1 Å². The molecule has 0 bridgehead atoms. The molecule has 33 heavy (non-hydrogen) atoms. The lowest BCUT2D eigenvalue weighted by Crippen LogP contribution is -2.60. The Kier molecular flexibility index (Phi) is 5.09. The number of rotatable bonds is 3. The molecule has 5 N–H and O–H groups in total. The molecule has 0 heterocycles. The molecule has 0 spiro atoms. The summed E-state index contributed by atoms with van der Waals surface area (Å²) in [4.78, 5) is 42.7. The van der Waals surface area contributed by atoms with Crippen LogP contribution in [0.15, 0.2) is 29.0 Å². The second-order valence-electron chi connectivity index (χ2n) is 9.75. The van der Waals surface area contributed by atoms with Crippen LogP contribution in [0.1, 0.15) is 24.5 Å². The van der Waals surface area contributed by atoms with Gasteiger partial charge in [0.25, 0.3) is 5.91 Å². The van der Waals surface area contributed by atoms with Crippen molar-refractivity contribution in [3.8, 4) is 5.75 Å². The van der Waals surface area contributed by atoms with Crippen LogP contribution >= 0.6 is 0 Å². The fourth-order valence-corrected chi connectivity index (χ4v) is 5.94.